The third kappa shape index (κ3) is 2.71. The van der Waals surface area contributed by atoms with E-state index in [2.05, 4.69) is 11.2 Å². The van der Waals surface area contributed by atoms with E-state index in [0.717, 1.165) is 22.9 Å². The molecule has 6 heteroatoms. The van der Waals surface area contributed by atoms with Crippen molar-refractivity contribution in [2.75, 3.05) is 0 Å². The van der Waals surface area contributed by atoms with Gasteiger partial charge >= 0.3 is 0 Å². The van der Waals surface area contributed by atoms with E-state index in [1.807, 2.05) is 48.5 Å². The van der Waals surface area contributed by atoms with Gasteiger partial charge in [0.15, 0.2) is 11.5 Å². The third-order valence-electron chi connectivity index (χ3n) is 5.47. The molecule has 2 heterocycles. The summed E-state index contributed by atoms with van der Waals surface area (Å²) in [5, 5.41) is 14.7. The van der Waals surface area contributed by atoms with Crippen LogP contribution in [0.4, 0.5) is 0 Å². The predicted octanol–water partition coefficient (Wildman–Crippen LogP) is 4.31. The summed E-state index contributed by atoms with van der Waals surface area (Å²) in [5.74, 6) is 0.759. The molecule has 29 heavy (non-hydrogen) atoms. The highest BCUT2D eigenvalue weighted by Crippen LogP contribution is 2.44. The number of carbonyl (C=O) groups is 1. The summed E-state index contributed by atoms with van der Waals surface area (Å²) in [5.41, 5.74) is 9.25. The van der Waals surface area contributed by atoms with Crippen LogP contribution in [0.25, 0.3) is 22.2 Å². The van der Waals surface area contributed by atoms with Crippen molar-refractivity contribution in [2.45, 2.75) is 25.2 Å². The van der Waals surface area contributed by atoms with E-state index in [-0.39, 0.29) is 17.2 Å². The van der Waals surface area contributed by atoms with Gasteiger partial charge in [-0.25, -0.2) is 0 Å². The van der Waals surface area contributed by atoms with Crippen molar-refractivity contribution in [3.8, 4) is 17.4 Å². The Bertz CT molecular complexity index is 1250. The van der Waals surface area contributed by atoms with E-state index < -0.39 is 5.92 Å². The fraction of sp³-hybridized carbons (Fsp3) is 0.174. The Morgan fingerprint density at radius 3 is 2.76 bits per heavy atom. The highest BCUT2D eigenvalue weighted by atomic mass is 16.5. The van der Waals surface area contributed by atoms with Gasteiger partial charge in [0.2, 0.25) is 5.88 Å². The Hall–Kier alpha value is -3.85. The van der Waals surface area contributed by atoms with Gasteiger partial charge in [-0.2, -0.15) is 5.26 Å². The quantitative estimate of drug-likeness (QED) is 0.707. The molecule has 0 unspecified atom stereocenters. The first kappa shape index (κ1) is 17.3. The van der Waals surface area contributed by atoms with Gasteiger partial charge in [0.25, 0.3) is 0 Å². The Morgan fingerprint density at radius 1 is 1.14 bits per heavy atom. The van der Waals surface area contributed by atoms with Gasteiger partial charge in [-0.1, -0.05) is 41.6 Å². The number of hydrogen-bond donors (Lipinski definition) is 1. The van der Waals surface area contributed by atoms with Gasteiger partial charge in [0.05, 0.1) is 11.3 Å². The molecule has 5 rings (SSSR count). The molecule has 0 radical (unpaired) electrons. The number of ether oxygens (including phenoxy) is 1. The molecule has 0 saturated heterocycles. The summed E-state index contributed by atoms with van der Waals surface area (Å²) in [6.07, 6.45) is 1.81. The Morgan fingerprint density at radius 2 is 1.97 bits per heavy atom. The van der Waals surface area contributed by atoms with Crippen LogP contribution >= 0.6 is 0 Å². The van der Waals surface area contributed by atoms with Crippen molar-refractivity contribution in [3.63, 3.8) is 0 Å². The second kappa shape index (κ2) is 6.64. The molecule has 1 aliphatic heterocycles. The molecule has 0 spiro atoms. The van der Waals surface area contributed by atoms with Crippen LogP contribution in [-0.4, -0.2) is 10.9 Å². The Labute approximate surface area is 166 Å². The summed E-state index contributed by atoms with van der Waals surface area (Å²) in [4.78, 5) is 12.7. The monoisotopic (exact) mass is 383 g/mol. The molecule has 2 aromatic carbocycles. The molecule has 1 aliphatic carbocycles. The summed E-state index contributed by atoms with van der Waals surface area (Å²) < 4.78 is 11.2. The molecular formula is C23H17N3O3. The number of aromatic nitrogens is 1. The second-order valence-corrected chi connectivity index (χ2v) is 7.19. The minimum Gasteiger partial charge on any atom is -0.444 e. The predicted molar refractivity (Wildman–Crippen MR) is 106 cm³/mol. The molecular weight excluding hydrogens is 366 g/mol. The molecule has 6 nitrogen and oxygen atoms in total. The summed E-state index contributed by atoms with van der Waals surface area (Å²) in [6, 6.07) is 17.5. The van der Waals surface area contributed by atoms with Crippen LogP contribution in [0.2, 0.25) is 0 Å². The number of nitrogens with two attached hydrogens (primary N) is 1. The lowest BCUT2D eigenvalue weighted by atomic mass is 9.77. The van der Waals surface area contributed by atoms with Crippen LogP contribution in [0.3, 0.4) is 0 Å². The first-order valence-corrected chi connectivity index (χ1v) is 9.46. The average Bonchev–Trinajstić information content (AvgIpc) is 3.17. The number of nitriles is 1. The number of Topliss-reactive ketones (excluding diaryl/α,β-unsaturated/α-hetero) is 1. The molecule has 1 aromatic heterocycles. The zero-order valence-corrected chi connectivity index (χ0v) is 15.5. The number of allylic oxidation sites excluding steroid dienone is 3. The number of fused-ring (bicyclic) bond motifs is 1. The number of nitrogens with zero attached hydrogens (tertiary/aromatic N) is 2. The summed E-state index contributed by atoms with van der Waals surface area (Å²) in [6.45, 7) is 0. The molecule has 0 bridgehead atoms. The van der Waals surface area contributed by atoms with Crippen molar-refractivity contribution < 1.29 is 14.1 Å². The highest BCUT2D eigenvalue weighted by Gasteiger charge is 2.38. The standard InChI is InChI=1S/C23H17N3O3/c24-12-16-20(21-18(27)7-4-8-19(21)28-23(16)25)14-9-10-17-15(11-14)22(29-26-17)13-5-2-1-3-6-13/h1-3,5-6,9-11,20H,4,7-8,25H2/t20-/m0/s1. The molecule has 0 amide bonds. The molecule has 3 aromatic rings. The largest absolute Gasteiger partial charge is 0.444 e. The van der Waals surface area contributed by atoms with Crippen molar-refractivity contribution in [1.29, 1.82) is 5.26 Å². The van der Waals surface area contributed by atoms with E-state index in [1.165, 1.54) is 0 Å². The molecule has 142 valence electrons. The SMILES string of the molecule is N#CC1=C(N)OC2=C(C(=O)CCC2)[C@H]1c1ccc2noc(-c3ccccc3)c2c1. The van der Waals surface area contributed by atoms with Gasteiger partial charge < -0.3 is 15.0 Å². The Balaban J connectivity index is 1.71. The van der Waals surface area contributed by atoms with Crippen LogP contribution < -0.4 is 5.73 Å². The van der Waals surface area contributed by atoms with Crippen LogP contribution in [0, 0.1) is 11.3 Å². The number of ketones is 1. The molecule has 1 atom stereocenters. The molecule has 0 fully saturated rings. The maximum Gasteiger partial charge on any atom is 0.205 e. The minimum atomic E-state index is -0.542. The normalized spacial score (nSPS) is 19.1. The van der Waals surface area contributed by atoms with E-state index >= 15 is 0 Å². The van der Waals surface area contributed by atoms with Gasteiger partial charge in [0, 0.05) is 24.0 Å². The number of rotatable bonds is 2. The first-order chi connectivity index (χ1) is 14.2. The van der Waals surface area contributed by atoms with E-state index in [1.54, 1.807) is 0 Å². The zero-order chi connectivity index (χ0) is 20.0. The second-order valence-electron chi connectivity index (χ2n) is 7.19. The van der Waals surface area contributed by atoms with E-state index in [0.29, 0.717) is 35.5 Å². The van der Waals surface area contributed by atoms with Crippen LogP contribution in [0.1, 0.15) is 30.7 Å². The number of benzene rings is 2. The molecule has 0 saturated carbocycles. The highest BCUT2D eigenvalue weighted by molar-refractivity contribution is 6.00. The average molecular weight is 383 g/mol. The van der Waals surface area contributed by atoms with Gasteiger partial charge in [-0.3, -0.25) is 4.79 Å². The first-order valence-electron chi connectivity index (χ1n) is 9.46. The summed E-state index contributed by atoms with van der Waals surface area (Å²) in [7, 11) is 0. The fourth-order valence-corrected chi connectivity index (χ4v) is 4.13. The lowest BCUT2D eigenvalue weighted by Gasteiger charge is -2.31. The van der Waals surface area contributed by atoms with E-state index in [4.69, 9.17) is 15.0 Å². The van der Waals surface area contributed by atoms with Gasteiger partial charge in [-0.15, -0.1) is 0 Å². The maximum absolute atomic E-state index is 12.7. The lowest BCUT2D eigenvalue weighted by molar-refractivity contribution is -0.116. The van der Waals surface area contributed by atoms with Gasteiger partial charge in [-0.05, 0) is 24.1 Å². The van der Waals surface area contributed by atoms with E-state index in [9.17, 15) is 10.1 Å². The minimum absolute atomic E-state index is 0.00481. The third-order valence-corrected chi connectivity index (χ3v) is 5.47. The molecule has 2 N–H and O–H groups in total. The van der Waals surface area contributed by atoms with Crippen LogP contribution in [0.5, 0.6) is 0 Å². The summed E-state index contributed by atoms with van der Waals surface area (Å²) >= 11 is 0. The number of carbonyl (C=O) groups excluding carboxylic acids is 1. The lowest BCUT2D eigenvalue weighted by Crippen LogP contribution is -2.27. The van der Waals surface area contributed by atoms with Gasteiger partial charge in [0.1, 0.15) is 22.9 Å². The fourth-order valence-electron chi connectivity index (χ4n) is 4.13. The van der Waals surface area contributed by atoms with Crippen molar-refractivity contribution >= 4 is 16.7 Å². The van der Waals surface area contributed by atoms with Crippen molar-refractivity contribution in [3.05, 3.63) is 76.9 Å². The van der Waals surface area contributed by atoms with Crippen molar-refractivity contribution in [2.24, 2.45) is 5.73 Å². The zero-order valence-electron chi connectivity index (χ0n) is 15.5. The smallest absolute Gasteiger partial charge is 0.205 e. The van der Waals surface area contributed by atoms with Crippen LogP contribution in [0.15, 0.2) is 75.8 Å². The number of hydrogen-bond acceptors (Lipinski definition) is 6. The maximum atomic E-state index is 12.7. The topological polar surface area (TPSA) is 102 Å². The Kier molecular flexibility index (Phi) is 3.95. The molecule has 2 aliphatic rings. The van der Waals surface area contributed by atoms with Crippen LogP contribution in [-0.2, 0) is 9.53 Å². The van der Waals surface area contributed by atoms with Crippen molar-refractivity contribution in [1.82, 2.24) is 5.16 Å².